The summed E-state index contributed by atoms with van der Waals surface area (Å²) in [6, 6.07) is 1.38. The van der Waals surface area contributed by atoms with Crippen LogP contribution in [0.5, 0.6) is 0 Å². The van der Waals surface area contributed by atoms with Crippen LogP contribution in [0.1, 0.15) is 57.1 Å². The van der Waals surface area contributed by atoms with E-state index in [1.165, 1.54) is 0 Å². The molecule has 0 spiro atoms. The van der Waals surface area contributed by atoms with Crippen molar-refractivity contribution in [1.82, 2.24) is 4.98 Å². The second-order valence-corrected chi connectivity index (χ2v) is 7.26. The lowest BCUT2D eigenvalue weighted by atomic mass is 9.84. The Bertz CT molecular complexity index is 675. The molecule has 0 radical (unpaired) electrons. The van der Waals surface area contributed by atoms with Crippen LogP contribution in [0.15, 0.2) is 0 Å². The van der Waals surface area contributed by atoms with Crippen molar-refractivity contribution in [3.05, 3.63) is 22.1 Å². The number of aromatic nitrogens is 1. The van der Waals surface area contributed by atoms with E-state index in [0.29, 0.717) is 0 Å². The van der Waals surface area contributed by atoms with Gasteiger partial charge in [-0.1, -0.05) is 32.4 Å². The molecule has 1 aromatic heterocycles. The largest absolute Gasteiger partial charge is 0.481 e. The number of rotatable bonds is 5. The van der Waals surface area contributed by atoms with Gasteiger partial charge in [-0.15, -0.1) is 0 Å². The summed E-state index contributed by atoms with van der Waals surface area (Å²) in [6.45, 7) is 5.58. The molecule has 1 aliphatic rings. The third kappa shape index (κ3) is 3.91. The number of aliphatic carboxylic acids is 1. The van der Waals surface area contributed by atoms with Crippen molar-refractivity contribution in [1.29, 1.82) is 5.26 Å². The molecule has 0 aromatic carbocycles. The van der Waals surface area contributed by atoms with Crippen molar-refractivity contribution >= 4 is 23.4 Å². The molecule has 0 unspecified atom stereocenters. The predicted octanol–water partition coefficient (Wildman–Crippen LogP) is 3.92. The van der Waals surface area contributed by atoms with E-state index in [1.807, 2.05) is 26.8 Å². The van der Waals surface area contributed by atoms with Crippen LogP contribution in [0.25, 0.3) is 0 Å². The summed E-state index contributed by atoms with van der Waals surface area (Å²) in [7, 11) is 0. The molecule has 1 aromatic rings. The van der Waals surface area contributed by atoms with Crippen molar-refractivity contribution in [2.45, 2.75) is 52.0 Å². The molecule has 23 heavy (non-hydrogen) atoms. The van der Waals surface area contributed by atoms with Crippen LogP contribution < -0.4 is 5.32 Å². The number of nitrogens with one attached hydrogen (secondary N) is 1. The van der Waals surface area contributed by atoms with Gasteiger partial charge in [-0.05, 0) is 24.2 Å². The van der Waals surface area contributed by atoms with Gasteiger partial charge in [-0.3, -0.25) is 4.79 Å². The first-order valence-corrected chi connectivity index (χ1v) is 7.80. The zero-order valence-corrected chi connectivity index (χ0v) is 14.0. The minimum Gasteiger partial charge on any atom is -0.481 e. The molecule has 2 N–H and O–H groups in total. The molecular weight excluding hydrogens is 321 g/mol. The molecule has 7 heteroatoms. The fourth-order valence-electron chi connectivity index (χ4n) is 2.42. The van der Waals surface area contributed by atoms with E-state index >= 15 is 0 Å². The van der Waals surface area contributed by atoms with Gasteiger partial charge < -0.3 is 10.4 Å². The van der Waals surface area contributed by atoms with Crippen molar-refractivity contribution in [2.24, 2.45) is 5.41 Å². The van der Waals surface area contributed by atoms with Crippen molar-refractivity contribution < 1.29 is 14.3 Å². The summed E-state index contributed by atoms with van der Waals surface area (Å²) < 4.78 is 14.8. The second kappa shape index (κ2) is 6.32. The molecule has 0 bridgehead atoms. The molecule has 5 nitrogen and oxygen atoms in total. The number of carboxylic acids is 1. The van der Waals surface area contributed by atoms with Crippen LogP contribution in [-0.4, -0.2) is 22.1 Å². The number of carboxylic acid groups (broad SMARTS) is 1. The summed E-state index contributed by atoms with van der Waals surface area (Å²) in [5.74, 6) is -1.69. The minimum atomic E-state index is -0.986. The topological polar surface area (TPSA) is 86.0 Å². The number of halogens is 2. The number of pyridine rings is 1. The van der Waals surface area contributed by atoms with Gasteiger partial charge in [0.25, 0.3) is 0 Å². The predicted molar refractivity (Wildman–Crippen MR) is 85.0 cm³/mol. The van der Waals surface area contributed by atoms with Crippen molar-refractivity contribution in [2.75, 3.05) is 5.32 Å². The Hall–Kier alpha value is -1.87. The Balaban J connectivity index is 2.43. The Kier molecular flexibility index (Phi) is 4.81. The summed E-state index contributed by atoms with van der Waals surface area (Å²) in [5.41, 5.74) is -0.0622. The fourth-order valence-corrected chi connectivity index (χ4v) is 2.65. The van der Waals surface area contributed by atoms with E-state index < -0.39 is 23.2 Å². The monoisotopic (exact) mass is 339 g/mol. The van der Waals surface area contributed by atoms with Crippen LogP contribution in [-0.2, 0) is 4.79 Å². The van der Waals surface area contributed by atoms with Gasteiger partial charge in [0.15, 0.2) is 11.6 Å². The van der Waals surface area contributed by atoms with Gasteiger partial charge in [0.1, 0.15) is 11.2 Å². The summed E-state index contributed by atoms with van der Waals surface area (Å²) >= 11 is 6.03. The van der Waals surface area contributed by atoms with Gasteiger partial charge in [0.05, 0.1) is 12.0 Å². The number of nitriles is 1. The van der Waals surface area contributed by atoms with Crippen molar-refractivity contribution in [3.63, 3.8) is 0 Å². The fraction of sp³-hybridized carbons (Fsp3) is 0.562. The summed E-state index contributed by atoms with van der Waals surface area (Å²) in [5, 5.41) is 21.1. The first-order chi connectivity index (χ1) is 10.6. The van der Waals surface area contributed by atoms with E-state index in [1.54, 1.807) is 0 Å². The molecule has 1 saturated carbocycles. The first-order valence-electron chi connectivity index (χ1n) is 7.42. The van der Waals surface area contributed by atoms with E-state index in [2.05, 4.69) is 10.3 Å². The molecular formula is C16H19ClFN3O2. The van der Waals surface area contributed by atoms with E-state index in [-0.39, 0.29) is 34.4 Å². The lowest BCUT2D eigenvalue weighted by molar-refractivity contribution is -0.137. The third-order valence-electron chi connectivity index (χ3n) is 3.96. The van der Waals surface area contributed by atoms with Gasteiger partial charge in [0, 0.05) is 11.6 Å². The number of anilines is 1. The molecule has 0 aliphatic heterocycles. The highest BCUT2D eigenvalue weighted by Gasteiger charge is 2.34. The average molecular weight is 340 g/mol. The molecule has 1 heterocycles. The third-order valence-corrected chi connectivity index (χ3v) is 4.24. The van der Waals surface area contributed by atoms with Gasteiger partial charge in [-0.25, -0.2) is 9.37 Å². The highest BCUT2D eigenvalue weighted by molar-refractivity contribution is 6.30. The standard InChI is InChI=1S/C16H19ClFN3O2/c1-16(2,3)10(6-11(22)23)20-15-13(18)12(8-4-5-8)9(7-19)14(17)21-15/h8,10H,4-6H2,1-3H3,(H,20,21)(H,22,23)/t10-/m1/s1. The number of hydrogen-bond acceptors (Lipinski definition) is 4. The van der Waals surface area contributed by atoms with Crippen LogP contribution in [0.2, 0.25) is 5.15 Å². The quantitative estimate of drug-likeness (QED) is 0.794. The number of carbonyl (C=O) groups is 1. The highest BCUT2D eigenvalue weighted by Crippen LogP contribution is 2.45. The summed E-state index contributed by atoms with van der Waals surface area (Å²) in [6.07, 6.45) is 1.44. The van der Waals surface area contributed by atoms with E-state index in [4.69, 9.17) is 16.7 Å². The van der Waals surface area contributed by atoms with Crippen LogP contribution >= 0.6 is 11.6 Å². The van der Waals surface area contributed by atoms with Crippen LogP contribution in [0, 0.1) is 22.6 Å². The smallest absolute Gasteiger partial charge is 0.305 e. The van der Waals surface area contributed by atoms with E-state index in [9.17, 15) is 14.4 Å². The number of hydrogen-bond donors (Lipinski definition) is 2. The molecule has 124 valence electrons. The molecule has 1 atom stereocenters. The Labute approximate surface area is 139 Å². The van der Waals surface area contributed by atoms with Crippen LogP contribution in [0.3, 0.4) is 0 Å². The number of nitrogens with zero attached hydrogens (tertiary/aromatic N) is 2. The van der Waals surface area contributed by atoms with E-state index in [0.717, 1.165) is 12.8 Å². The first kappa shape index (κ1) is 17.5. The second-order valence-electron chi connectivity index (χ2n) is 6.90. The lowest BCUT2D eigenvalue weighted by Gasteiger charge is -2.31. The maximum absolute atomic E-state index is 14.8. The average Bonchev–Trinajstić information content (AvgIpc) is 3.23. The summed E-state index contributed by atoms with van der Waals surface area (Å²) in [4.78, 5) is 15.0. The molecule has 1 aliphatic carbocycles. The molecule has 2 rings (SSSR count). The normalized spacial score (nSPS) is 15.8. The van der Waals surface area contributed by atoms with Crippen LogP contribution in [0.4, 0.5) is 10.2 Å². The van der Waals surface area contributed by atoms with Crippen molar-refractivity contribution in [3.8, 4) is 6.07 Å². The molecule has 0 amide bonds. The Morgan fingerprint density at radius 2 is 2.17 bits per heavy atom. The maximum atomic E-state index is 14.8. The Morgan fingerprint density at radius 1 is 1.57 bits per heavy atom. The zero-order chi connectivity index (χ0) is 17.4. The molecule has 1 fully saturated rings. The Morgan fingerprint density at radius 3 is 2.61 bits per heavy atom. The zero-order valence-electron chi connectivity index (χ0n) is 13.3. The molecule has 0 saturated heterocycles. The van der Waals surface area contributed by atoms with Gasteiger partial charge >= 0.3 is 5.97 Å². The highest BCUT2D eigenvalue weighted by atomic mass is 35.5. The van der Waals surface area contributed by atoms with Gasteiger partial charge in [0.2, 0.25) is 0 Å². The maximum Gasteiger partial charge on any atom is 0.305 e. The minimum absolute atomic E-state index is 0.0155. The van der Waals surface area contributed by atoms with Gasteiger partial charge in [-0.2, -0.15) is 5.26 Å². The lowest BCUT2D eigenvalue weighted by Crippen LogP contribution is -2.36. The SMILES string of the molecule is CC(C)(C)[C@@H](CC(=O)O)Nc1nc(Cl)c(C#N)c(C2CC2)c1F.